The van der Waals surface area contributed by atoms with E-state index in [-0.39, 0.29) is 16.5 Å². The van der Waals surface area contributed by atoms with Gasteiger partial charge in [-0.25, -0.2) is 0 Å². The van der Waals surface area contributed by atoms with Crippen LogP contribution in [0.5, 0.6) is 0 Å². The van der Waals surface area contributed by atoms with E-state index in [1.807, 2.05) is 0 Å². The van der Waals surface area contributed by atoms with Gasteiger partial charge in [0.1, 0.15) is 10.7 Å². The number of nitro benzene ring substituents is 1. The van der Waals surface area contributed by atoms with Crippen molar-refractivity contribution in [2.24, 2.45) is 4.40 Å². The molecule has 2 rings (SSSR count). The third-order valence-electron chi connectivity index (χ3n) is 3.07. The Morgan fingerprint density at radius 3 is 2.33 bits per heavy atom. The van der Waals surface area contributed by atoms with Crippen LogP contribution in [0.4, 0.5) is 5.69 Å². The highest BCUT2D eigenvalue weighted by Gasteiger charge is 2.23. The molecule has 0 fully saturated rings. The van der Waals surface area contributed by atoms with Crippen molar-refractivity contribution in [2.75, 3.05) is 14.1 Å². The van der Waals surface area contributed by atoms with E-state index in [9.17, 15) is 18.5 Å². The Bertz CT molecular complexity index is 896. The van der Waals surface area contributed by atoms with Crippen LogP contribution in [-0.2, 0) is 10.0 Å². The van der Waals surface area contributed by atoms with Crippen LogP contribution in [0.1, 0.15) is 5.56 Å². The number of sulfonamides is 1. The molecule has 0 aromatic heterocycles. The topological polar surface area (TPSA) is 92.9 Å². The van der Waals surface area contributed by atoms with Crippen LogP contribution >= 0.6 is 11.6 Å². The zero-order chi connectivity index (χ0) is 17.9. The third kappa shape index (κ3) is 3.90. The second-order valence-corrected chi connectivity index (χ2v) is 7.00. The zero-order valence-corrected chi connectivity index (χ0v) is 14.5. The molecule has 0 radical (unpaired) electrons. The summed E-state index contributed by atoms with van der Waals surface area (Å²) in [5.74, 6) is 0.193. The molecule has 0 heterocycles. The predicted octanol–water partition coefficient (Wildman–Crippen LogP) is 2.95. The average Bonchev–Trinajstić information content (AvgIpc) is 2.53. The standard InChI is InChI=1S/C15H14ClN3O4S/c1-18(2)15(11-6-4-3-5-7-11)17-24(22,23)14-10-12(19(20)21)8-9-13(14)16/h3-10H,1-2H3/b17-15-. The smallest absolute Gasteiger partial charge is 0.286 e. The summed E-state index contributed by atoms with van der Waals surface area (Å²) in [5, 5.41) is 10.7. The van der Waals surface area contributed by atoms with Crippen molar-refractivity contribution in [2.45, 2.75) is 4.90 Å². The molecule has 0 aliphatic heterocycles. The monoisotopic (exact) mass is 367 g/mol. The highest BCUT2D eigenvalue weighted by atomic mass is 35.5. The molecule has 0 aliphatic carbocycles. The summed E-state index contributed by atoms with van der Waals surface area (Å²) in [5.41, 5.74) is 0.215. The summed E-state index contributed by atoms with van der Waals surface area (Å²) in [4.78, 5) is 11.3. The molecule has 0 saturated heterocycles. The molecule has 2 aromatic rings. The van der Waals surface area contributed by atoms with Gasteiger partial charge in [0.05, 0.1) is 9.95 Å². The first-order valence-electron chi connectivity index (χ1n) is 6.74. The maximum Gasteiger partial charge on any atom is 0.286 e. The van der Waals surface area contributed by atoms with E-state index in [1.54, 1.807) is 44.4 Å². The molecule has 126 valence electrons. The van der Waals surface area contributed by atoms with Crippen LogP contribution in [0.15, 0.2) is 57.8 Å². The van der Waals surface area contributed by atoms with Gasteiger partial charge in [-0.2, -0.15) is 8.42 Å². The Hall–Kier alpha value is -2.45. The molecule has 9 heteroatoms. The number of amidine groups is 1. The van der Waals surface area contributed by atoms with Gasteiger partial charge in [-0.1, -0.05) is 41.9 Å². The maximum absolute atomic E-state index is 12.6. The lowest BCUT2D eigenvalue weighted by atomic mass is 10.2. The van der Waals surface area contributed by atoms with Gasteiger partial charge in [0.2, 0.25) is 0 Å². The van der Waals surface area contributed by atoms with Gasteiger partial charge in [-0.15, -0.1) is 4.40 Å². The lowest BCUT2D eigenvalue weighted by Crippen LogP contribution is -2.24. The van der Waals surface area contributed by atoms with Gasteiger partial charge in [-0.05, 0) is 6.07 Å². The van der Waals surface area contributed by atoms with E-state index >= 15 is 0 Å². The normalized spacial score (nSPS) is 12.0. The largest absolute Gasteiger partial charge is 0.362 e. The molecule has 7 nitrogen and oxygen atoms in total. The van der Waals surface area contributed by atoms with Crippen molar-refractivity contribution >= 4 is 33.1 Å². The first kappa shape index (κ1) is 17.9. The van der Waals surface area contributed by atoms with E-state index in [0.29, 0.717) is 5.56 Å². The molecular formula is C15H14ClN3O4S. The lowest BCUT2D eigenvalue weighted by Gasteiger charge is -2.16. The zero-order valence-electron chi connectivity index (χ0n) is 12.9. The van der Waals surface area contributed by atoms with Crippen molar-refractivity contribution in [1.82, 2.24) is 4.90 Å². The fraction of sp³-hybridized carbons (Fsp3) is 0.133. The van der Waals surface area contributed by atoms with Crippen LogP contribution in [0.25, 0.3) is 0 Å². The van der Waals surface area contributed by atoms with Gasteiger partial charge in [-0.3, -0.25) is 10.1 Å². The van der Waals surface area contributed by atoms with Crippen molar-refractivity contribution in [3.05, 3.63) is 69.2 Å². The molecule has 0 atom stereocenters. The van der Waals surface area contributed by atoms with Crippen LogP contribution < -0.4 is 0 Å². The van der Waals surface area contributed by atoms with Gasteiger partial charge >= 0.3 is 0 Å². The fourth-order valence-electron chi connectivity index (χ4n) is 1.95. The van der Waals surface area contributed by atoms with Gasteiger partial charge in [0.15, 0.2) is 0 Å². The number of hydrogen-bond acceptors (Lipinski definition) is 4. The van der Waals surface area contributed by atoms with E-state index in [0.717, 1.165) is 12.1 Å². The molecule has 0 N–H and O–H groups in total. The Kier molecular flexibility index (Phi) is 5.20. The molecule has 0 aliphatic rings. The van der Waals surface area contributed by atoms with Crippen LogP contribution in [0.2, 0.25) is 5.02 Å². The first-order valence-corrected chi connectivity index (χ1v) is 8.56. The Morgan fingerprint density at radius 2 is 1.79 bits per heavy atom. The summed E-state index contributed by atoms with van der Waals surface area (Å²) in [6.07, 6.45) is 0. The van der Waals surface area contributed by atoms with Gasteiger partial charge in [0, 0.05) is 31.8 Å². The number of hydrogen-bond donors (Lipinski definition) is 0. The second kappa shape index (κ2) is 6.98. The lowest BCUT2D eigenvalue weighted by molar-refractivity contribution is -0.385. The van der Waals surface area contributed by atoms with Crippen LogP contribution in [0.3, 0.4) is 0 Å². The highest BCUT2D eigenvalue weighted by Crippen LogP contribution is 2.28. The molecule has 0 saturated carbocycles. The number of rotatable bonds is 4. The third-order valence-corrected chi connectivity index (χ3v) is 4.81. The quantitative estimate of drug-likeness (QED) is 0.358. The minimum Gasteiger partial charge on any atom is -0.362 e. The van der Waals surface area contributed by atoms with E-state index in [4.69, 9.17) is 11.6 Å². The van der Waals surface area contributed by atoms with Gasteiger partial charge in [0.25, 0.3) is 15.7 Å². The van der Waals surface area contributed by atoms with E-state index in [1.165, 1.54) is 11.0 Å². The molecule has 2 aromatic carbocycles. The summed E-state index contributed by atoms with van der Waals surface area (Å²) in [6.45, 7) is 0. The summed E-state index contributed by atoms with van der Waals surface area (Å²) in [7, 11) is -0.931. The summed E-state index contributed by atoms with van der Waals surface area (Å²) in [6, 6.07) is 11.9. The van der Waals surface area contributed by atoms with Crippen LogP contribution in [-0.4, -0.2) is 38.2 Å². The van der Waals surface area contributed by atoms with E-state index in [2.05, 4.69) is 4.40 Å². The van der Waals surface area contributed by atoms with E-state index < -0.39 is 19.8 Å². The predicted molar refractivity (Wildman–Crippen MR) is 92.0 cm³/mol. The number of non-ortho nitro benzene ring substituents is 1. The average molecular weight is 368 g/mol. The molecule has 0 unspecified atom stereocenters. The Morgan fingerprint density at radius 1 is 1.17 bits per heavy atom. The van der Waals surface area contributed by atoms with Gasteiger partial charge < -0.3 is 4.90 Å². The second-order valence-electron chi connectivity index (χ2n) is 5.02. The molecule has 0 amide bonds. The highest BCUT2D eigenvalue weighted by molar-refractivity contribution is 7.90. The van der Waals surface area contributed by atoms with Crippen molar-refractivity contribution < 1.29 is 13.3 Å². The Labute approximate surface area is 144 Å². The summed E-state index contributed by atoms with van der Waals surface area (Å²) >= 11 is 5.91. The minimum atomic E-state index is -4.23. The molecule has 0 spiro atoms. The van der Waals surface area contributed by atoms with Crippen molar-refractivity contribution in [3.63, 3.8) is 0 Å². The molecule has 24 heavy (non-hydrogen) atoms. The maximum atomic E-state index is 12.6. The fourth-order valence-corrected chi connectivity index (χ4v) is 3.53. The number of halogens is 1. The van der Waals surface area contributed by atoms with Crippen molar-refractivity contribution in [1.29, 1.82) is 0 Å². The number of nitro groups is 1. The SMILES string of the molecule is CN(C)/C(=N\S(=O)(=O)c1cc([N+](=O)[O-])ccc1Cl)c1ccccc1. The number of benzene rings is 2. The number of nitrogens with zero attached hydrogens (tertiary/aromatic N) is 3. The Balaban J connectivity index is 2.61. The summed E-state index contributed by atoms with van der Waals surface area (Å²) < 4.78 is 29.0. The molecule has 0 bridgehead atoms. The van der Waals surface area contributed by atoms with Crippen molar-refractivity contribution in [3.8, 4) is 0 Å². The molecular weight excluding hydrogens is 354 g/mol. The van der Waals surface area contributed by atoms with Crippen LogP contribution in [0, 0.1) is 10.1 Å². The minimum absolute atomic E-state index is 0.129. The first-order chi connectivity index (χ1) is 11.2.